The summed E-state index contributed by atoms with van der Waals surface area (Å²) in [5, 5.41) is 20.9. The van der Waals surface area contributed by atoms with Crippen LogP contribution >= 0.6 is 0 Å². The van der Waals surface area contributed by atoms with E-state index < -0.39 is 32.2 Å². The molecule has 208 valence electrons. The van der Waals surface area contributed by atoms with Crippen molar-refractivity contribution >= 4 is 9.84 Å². The van der Waals surface area contributed by atoms with Crippen molar-refractivity contribution in [2.75, 3.05) is 0 Å². The van der Waals surface area contributed by atoms with Gasteiger partial charge >= 0.3 is 0 Å². The molecule has 7 nitrogen and oxygen atoms in total. The SMILES string of the molecule is C#Cc1cccc(-c2ccc(S(=O)(=O)c3c(O)n([C@@H](CC)c4cccc(C#N)c4)c(CCCC)nc3=O)cc2)c1C. The zero-order chi connectivity index (χ0) is 29.7. The lowest BCUT2D eigenvalue weighted by Crippen LogP contribution is -2.27. The topological polar surface area (TPSA) is 113 Å². The molecule has 0 amide bonds. The number of hydrogen-bond donors (Lipinski definition) is 1. The van der Waals surface area contributed by atoms with Crippen LogP contribution in [0.25, 0.3) is 11.1 Å². The van der Waals surface area contributed by atoms with Crippen LogP contribution in [0.4, 0.5) is 0 Å². The number of nitrogens with zero attached hydrogens (tertiary/aromatic N) is 3. The molecule has 0 spiro atoms. The average molecular weight is 566 g/mol. The summed E-state index contributed by atoms with van der Waals surface area (Å²) in [7, 11) is -4.45. The molecule has 8 heteroatoms. The Bertz CT molecular complexity index is 1840. The van der Waals surface area contributed by atoms with Crippen molar-refractivity contribution in [3.8, 4) is 35.4 Å². The fourth-order valence-electron chi connectivity index (χ4n) is 5.04. The minimum atomic E-state index is -4.45. The van der Waals surface area contributed by atoms with Crippen LogP contribution in [-0.2, 0) is 16.3 Å². The van der Waals surface area contributed by atoms with Crippen molar-refractivity contribution in [3.05, 3.63) is 105 Å². The normalized spacial score (nSPS) is 11.9. The standard InChI is InChI=1S/C33H31N3O4S/c1-5-8-15-30-35-32(37)31(33(38)36(30)29(7-3)26-13-9-11-23(20-26)21-34)41(39,40)27-18-16-25(17-19-27)28-14-10-12-24(6-2)22(28)4/h2,9-14,16-20,29,38H,5,7-8,15H2,1,3-4H3/t29-/m0/s1. The number of rotatable bonds is 9. The third-order valence-electron chi connectivity index (χ3n) is 7.22. The minimum absolute atomic E-state index is 0.145. The highest BCUT2D eigenvalue weighted by Crippen LogP contribution is 2.34. The van der Waals surface area contributed by atoms with Crippen LogP contribution in [0, 0.1) is 30.6 Å². The molecule has 4 rings (SSSR count). The van der Waals surface area contributed by atoms with Gasteiger partial charge in [0.25, 0.3) is 5.56 Å². The predicted octanol–water partition coefficient (Wildman–Crippen LogP) is 5.95. The molecule has 1 heterocycles. The van der Waals surface area contributed by atoms with E-state index in [0.717, 1.165) is 28.7 Å². The first-order chi connectivity index (χ1) is 19.7. The van der Waals surface area contributed by atoms with Gasteiger partial charge in [0.15, 0.2) is 4.90 Å². The lowest BCUT2D eigenvalue weighted by molar-refractivity contribution is 0.358. The Kier molecular flexibility index (Phi) is 8.76. The van der Waals surface area contributed by atoms with Crippen molar-refractivity contribution in [2.24, 2.45) is 0 Å². The van der Waals surface area contributed by atoms with Gasteiger partial charge in [-0.1, -0.05) is 62.6 Å². The highest BCUT2D eigenvalue weighted by molar-refractivity contribution is 7.91. The molecule has 1 aromatic heterocycles. The fourth-order valence-corrected chi connectivity index (χ4v) is 6.39. The molecular formula is C33H31N3O4S. The zero-order valence-electron chi connectivity index (χ0n) is 23.3. The monoisotopic (exact) mass is 565 g/mol. The molecule has 4 aromatic rings. The van der Waals surface area contributed by atoms with Gasteiger partial charge in [-0.05, 0) is 72.4 Å². The maximum absolute atomic E-state index is 13.8. The molecule has 0 aliphatic carbocycles. The Labute approximate surface area is 240 Å². The summed E-state index contributed by atoms with van der Waals surface area (Å²) in [6, 6.07) is 20.2. The number of benzene rings is 3. The van der Waals surface area contributed by atoms with Crippen LogP contribution in [0.15, 0.2) is 81.3 Å². The molecule has 0 saturated heterocycles. The van der Waals surface area contributed by atoms with E-state index >= 15 is 0 Å². The Morgan fingerprint density at radius 3 is 2.41 bits per heavy atom. The van der Waals surface area contributed by atoms with Gasteiger partial charge in [0.05, 0.1) is 22.6 Å². The van der Waals surface area contributed by atoms with Gasteiger partial charge < -0.3 is 5.11 Å². The molecule has 3 aromatic carbocycles. The van der Waals surface area contributed by atoms with Crippen LogP contribution in [0.3, 0.4) is 0 Å². The summed E-state index contributed by atoms with van der Waals surface area (Å²) in [5.41, 5.74) is 3.38. The summed E-state index contributed by atoms with van der Waals surface area (Å²) >= 11 is 0. The predicted molar refractivity (Wildman–Crippen MR) is 158 cm³/mol. The second kappa shape index (κ2) is 12.2. The van der Waals surface area contributed by atoms with E-state index in [1.165, 1.54) is 16.7 Å². The number of aryl methyl sites for hydroxylation is 1. The molecule has 0 aliphatic rings. The Morgan fingerprint density at radius 2 is 1.78 bits per heavy atom. The van der Waals surface area contributed by atoms with E-state index in [9.17, 15) is 23.6 Å². The Hall–Kier alpha value is -4.66. The van der Waals surface area contributed by atoms with Crippen LogP contribution in [0.2, 0.25) is 0 Å². The van der Waals surface area contributed by atoms with Crippen molar-refractivity contribution in [1.29, 1.82) is 5.26 Å². The highest BCUT2D eigenvalue weighted by Gasteiger charge is 2.32. The molecular weight excluding hydrogens is 534 g/mol. The first kappa shape index (κ1) is 29.3. The second-order valence-electron chi connectivity index (χ2n) is 9.77. The van der Waals surface area contributed by atoms with E-state index in [1.54, 1.807) is 36.4 Å². The van der Waals surface area contributed by atoms with Gasteiger partial charge in [0.2, 0.25) is 15.7 Å². The molecule has 0 aliphatic heterocycles. The summed E-state index contributed by atoms with van der Waals surface area (Å²) in [6.45, 7) is 5.77. The number of unbranched alkanes of at least 4 members (excludes halogenated alkanes) is 1. The van der Waals surface area contributed by atoms with E-state index in [-0.39, 0.29) is 4.90 Å². The molecule has 0 radical (unpaired) electrons. The number of terminal acetylenes is 1. The lowest BCUT2D eigenvalue weighted by Gasteiger charge is -2.25. The lowest BCUT2D eigenvalue weighted by atomic mass is 9.97. The molecule has 0 fully saturated rings. The van der Waals surface area contributed by atoms with Crippen LogP contribution in [0.1, 0.15) is 67.2 Å². The summed E-state index contributed by atoms with van der Waals surface area (Å²) < 4.78 is 29.1. The van der Waals surface area contributed by atoms with Gasteiger partial charge in [-0.3, -0.25) is 9.36 Å². The van der Waals surface area contributed by atoms with Gasteiger partial charge in [-0.25, -0.2) is 8.42 Å². The van der Waals surface area contributed by atoms with Crippen LogP contribution in [0.5, 0.6) is 5.88 Å². The van der Waals surface area contributed by atoms with Gasteiger partial charge in [-0.15, -0.1) is 6.42 Å². The zero-order valence-corrected chi connectivity index (χ0v) is 24.1. The number of aromatic nitrogens is 2. The van der Waals surface area contributed by atoms with Crippen molar-refractivity contribution < 1.29 is 13.5 Å². The molecule has 1 atom stereocenters. The first-order valence-electron chi connectivity index (χ1n) is 13.4. The number of sulfone groups is 1. The van der Waals surface area contributed by atoms with Gasteiger partial charge in [0, 0.05) is 12.0 Å². The molecule has 0 saturated carbocycles. The summed E-state index contributed by atoms with van der Waals surface area (Å²) in [4.78, 5) is 16.5. The second-order valence-corrected chi connectivity index (χ2v) is 11.7. The largest absolute Gasteiger partial charge is 0.493 e. The van der Waals surface area contributed by atoms with E-state index in [4.69, 9.17) is 6.42 Å². The van der Waals surface area contributed by atoms with Crippen molar-refractivity contribution in [2.45, 2.75) is 62.3 Å². The highest BCUT2D eigenvalue weighted by atomic mass is 32.2. The third kappa shape index (κ3) is 5.66. The van der Waals surface area contributed by atoms with Crippen molar-refractivity contribution in [3.63, 3.8) is 0 Å². The van der Waals surface area contributed by atoms with E-state index in [2.05, 4.69) is 17.0 Å². The average Bonchev–Trinajstić information content (AvgIpc) is 2.97. The number of aromatic hydroxyl groups is 1. The maximum atomic E-state index is 13.8. The maximum Gasteiger partial charge on any atom is 0.296 e. The van der Waals surface area contributed by atoms with Crippen molar-refractivity contribution in [1.82, 2.24) is 9.55 Å². The summed E-state index contributed by atoms with van der Waals surface area (Å²) in [5.74, 6) is 2.28. The minimum Gasteiger partial charge on any atom is -0.493 e. The van der Waals surface area contributed by atoms with E-state index in [0.29, 0.717) is 36.2 Å². The molecule has 0 unspecified atom stereocenters. The van der Waals surface area contributed by atoms with Crippen LogP contribution < -0.4 is 5.56 Å². The molecule has 1 N–H and O–H groups in total. The molecule has 41 heavy (non-hydrogen) atoms. The summed E-state index contributed by atoms with van der Waals surface area (Å²) in [6.07, 6.45) is 7.93. The fraction of sp³-hybridized carbons (Fsp3) is 0.242. The van der Waals surface area contributed by atoms with Crippen LogP contribution in [-0.4, -0.2) is 23.1 Å². The van der Waals surface area contributed by atoms with Gasteiger partial charge in [-0.2, -0.15) is 10.2 Å². The third-order valence-corrected chi connectivity index (χ3v) is 9.01. The molecule has 0 bridgehead atoms. The number of nitriles is 1. The number of hydrogen-bond acceptors (Lipinski definition) is 6. The quantitative estimate of drug-likeness (QED) is 0.251. The Morgan fingerprint density at radius 1 is 1.07 bits per heavy atom. The van der Waals surface area contributed by atoms with E-state index in [1.807, 2.05) is 39.0 Å². The Balaban J connectivity index is 1.87. The smallest absolute Gasteiger partial charge is 0.296 e. The van der Waals surface area contributed by atoms with Gasteiger partial charge in [0.1, 0.15) is 5.82 Å². The first-order valence-corrected chi connectivity index (χ1v) is 14.9.